The number of aromatic nitrogens is 1. The van der Waals surface area contributed by atoms with Crippen molar-refractivity contribution in [3.05, 3.63) is 140 Å². The van der Waals surface area contributed by atoms with E-state index in [0.717, 1.165) is 17.1 Å². The van der Waals surface area contributed by atoms with Gasteiger partial charge in [0.05, 0.1) is 0 Å². The van der Waals surface area contributed by atoms with Crippen LogP contribution >= 0.6 is 0 Å². The highest BCUT2D eigenvalue weighted by Gasteiger charge is 2.14. The SMILES string of the molecule is Cn1c2ccccc2c2ccc(-c3ccc(N(c4ccccc4)c4ccc5ccccc5c4)cc3)cc21. The zero-order valence-electron chi connectivity index (χ0n) is 20.7. The minimum absolute atomic E-state index is 1.14. The summed E-state index contributed by atoms with van der Waals surface area (Å²) in [4.78, 5) is 2.32. The fourth-order valence-electron chi connectivity index (χ4n) is 5.48. The van der Waals surface area contributed by atoms with E-state index in [4.69, 9.17) is 0 Å². The van der Waals surface area contributed by atoms with Crippen LogP contribution in [0.4, 0.5) is 17.1 Å². The molecule has 176 valence electrons. The molecular weight excluding hydrogens is 448 g/mol. The number of rotatable bonds is 4. The molecule has 2 nitrogen and oxygen atoms in total. The lowest BCUT2D eigenvalue weighted by atomic mass is 10.0. The molecule has 0 saturated carbocycles. The summed E-state index contributed by atoms with van der Waals surface area (Å²) in [7, 11) is 2.15. The molecular formula is C35H26N2. The van der Waals surface area contributed by atoms with Crippen molar-refractivity contribution in [3.8, 4) is 11.1 Å². The van der Waals surface area contributed by atoms with Gasteiger partial charge in [-0.2, -0.15) is 0 Å². The predicted octanol–water partition coefficient (Wildman–Crippen LogP) is 9.62. The summed E-state index contributed by atoms with van der Waals surface area (Å²) in [6.45, 7) is 0. The number of anilines is 3. The number of para-hydroxylation sites is 2. The van der Waals surface area contributed by atoms with E-state index in [2.05, 4.69) is 156 Å². The minimum Gasteiger partial charge on any atom is -0.344 e. The summed E-state index contributed by atoms with van der Waals surface area (Å²) in [5.74, 6) is 0. The molecule has 0 N–H and O–H groups in total. The molecule has 7 aromatic rings. The first kappa shape index (κ1) is 21.5. The third kappa shape index (κ3) is 3.66. The van der Waals surface area contributed by atoms with Gasteiger partial charge in [-0.3, -0.25) is 0 Å². The maximum Gasteiger partial charge on any atom is 0.0494 e. The van der Waals surface area contributed by atoms with E-state index in [1.54, 1.807) is 0 Å². The highest BCUT2D eigenvalue weighted by atomic mass is 15.1. The molecule has 37 heavy (non-hydrogen) atoms. The van der Waals surface area contributed by atoms with Crippen LogP contribution in [0.15, 0.2) is 140 Å². The Morgan fingerprint density at radius 1 is 0.432 bits per heavy atom. The van der Waals surface area contributed by atoms with Crippen LogP contribution in [-0.4, -0.2) is 4.57 Å². The fraction of sp³-hybridized carbons (Fsp3) is 0.0286. The van der Waals surface area contributed by atoms with Crippen LogP contribution in [0.25, 0.3) is 43.7 Å². The molecule has 0 aliphatic rings. The first-order valence-corrected chi connectivity index (χ1v) is 12.7. The van der Waals surface area contributed by atoms with Gasteiger partial charge in [0.25, 0.3) is 0 Å². The van der Waals surface area contributed by atoms with E-state index >= 15 is 0 Å². The third-order valence-electron chi connectivity index (χ3n) is 7.38. The largest absolute Gasteiger partial charge is 0.344 e. The van der Waals surface area contributed by atoms with Gasteiger partial charge in [-0.15, -0.1) is 0 Å². The molecule has 0 aliphatic carbocycles. The van der Waals surface area contributed by atoms with E-state index in [1.165, 1.54) is 43.7 Å². The Labute approximate surface area is 216 Å². The molecule has 0 saturated heterocycles. The zero-order chi connectivity index (χ0) is 24.8. The topological polar surface area (TPSA) is 8.17 Å². The average Bonchev–Trinajstić information content (AvgIpc) is 3.25. The number of benzene rings is 6. The molecule has 2 heteroatoms. The Bertz CT molecular complexity index is 1880. The van der Waals surface area contributed by atoms with Crippen molar-refractivity contribution in [2.45, 2.75) is 0 Å². The summed E-state index contributed by atoms with van der Waals surface area (Å²) in [5.41, 5.74) is 8.38. The maximum absolute atomic E-state index is 2.32. The van der Waals surface area contributed by atoms with E-state index in [0.29, 0.717) is 0 Å². The van der Waals surface area contributed by atoms with Crippen molar-refractivity contribution in [1.82, 2.24) is 4.57 Å². The van der Waals surface area contributed by atoms with Crippen LogP contribution in [0.2, 0.25) is 0 Å². The maximum atomic E-state index is 2.32. The molecule has 0 unspecified atom stereocenters. The molecule has 0 amide bonds. The molecule has 0 atom stereocenters. The molecule has 0 radical (unpaired) electrons. The number of nitrogens with zero attached hydrogens (tertiary/aromatic N) is 2. The van der Waals surface area contributed by atoms with Crippen molar-refractivity contribution in [3.63, 3.8) is 0 Å². The lowest BCUT2D eigenvalue weighted by Gasteiger charge is -2.26. The van der Waals surface area contributed by atoms with Gasteiger partial charge in [-0.05, 0) is 70.4 Å². The van der Waals surface area contributed by atoms with Crippen LogP contribution in [0.5, 0.6) is 0 Å². The van der Waals surface area contributed by atoms with Crippen molar-refractivity contribution in [2.75, 3.05) is 4.90 Å². The van der Waals surface area contributed by atoms with Crippen LogP contribution in [0.1, 0.15) is 0 Å². The first-order chi connectivity index (χ1) is 18.3. The Morgan fingerprint density at radius 2 is 1.05 bits per heavy atom. The Hall–Kier alpha value is -4.82. The fourth-order valence-corrected chi connectivity index (χ4v) is 5.48. The number of fused-ring (bicyclic) bond motifs is 4. The smallest absolute Gasteiger partial charge is 0.0494 e. The second kappa shape index (κ2) is 8.69. The average molecular weight is 475 g/mol. The highest BCUT2D eigenvalue weighted by Crippen LogP contribution is 2.37. The minimum atomic E-state index is 1.14. The Kier molecular flexibility index (Phi) is 5.04. The summed E-state index contributed by atoms with van der Waals surface area (Å²) >= 11 is 0. The van der Waals surface area contributed by atoms with Gasteiger partial charge in [0, 0.05) is 45.9 Å². The van der Waals surface area contributed by atoms with Crippen molar-refractivity contribution < 1.29 is 0 Å². The quantitative estimate of drug-likeness (QED) is 0.246. The van der Waals surface area contributed by atoms with Crippen molar-refractivity contribution >= 4 is 49.6 Å². The monoisotopic (exact) mass is 474 g/mol. The second-order valence-electron chi connectivity index (χ2n) is 9.56. The van der Waals surface area contributed by atoms with E-state index in [9.17, 15) is 0 Å². The van der Waals surface area contributed by atoms with Gasteiger partial charge >= 0.3 is 0 Å². The van der Waals surface area contributed by atoms with E-state index < -0.39 is 0 Å². The van der Waals surface area contributed by atoms with Gasteiger partial charge in [-0.25, -0.2) is 0 Å². The molecule has 6 aromatic carbocycles. The summed E-state index contributed by atoms with van der Waals surface area (Å²) in [5, 5.41) is 5.08. The normalized spacial score (nSPS) is 11.4. The number of aryl methyl sites for hydroxylation is 1. The van der Waals surface area contributed by atoms with E-state index in [1.807, 2.05) is 0 Å². The molecule has 0 bridgehead atoms. The lowest BCUT2D eigenvalue weighted by Crippen LogP contribution is -2.09. The van der Waals surface area contributed by atoms with Crippen LogP contribution in [0.3, 0.4) is 0 Å². The highest BCUT2D eigenvalue weighted by molar-refractivity contribution is 6.09. The molecule has 7 rings (SSSR count). The molecule has 1 heterocycles. The standard InChI is InChI=1S/C35H26N2/c1-36-34-14-8-7-13-32(34)33-22-18-28(24-35(33)36)26-15-19-30(20-16-26)37(29-11-3-2-4-12-29)31-21-17-25-9-5-6-10-27(25)23-31/h2-24H,1H3. The molecule has 0 aliphatic heterocycles. The van der Waals surface area contributed by atoms with Crippen LogP contribution in [0, 0.1) is 0 Å². The van der Waals surface area contributed by atoms with Gasteiger partial charge in [0.2, 0.25) is 0 Å². The van der Waals surface area contributed by atoms with Crippen molar-refractivity contribution in [1.29, 1.82) is 0 Å². The second-order valence-corrected chi connectivity index (χ2v) is 9.56. The first-order valence-electron chi connectivity index (χ1n) is 12.7. The third-order valence-corrected chi connectivity index (χ3v) is 7.38. The summed E-state index contributed by atoms with van der Waals surface area (Å²) in [6, 6.07) is 50.1. The van der Waals surface area contributed by atoms with Gasteiger partial charge in [0.1, 0.15) is 0 Å². The summed E-state index contributed by atoms with van der Waals surface area (Å²) in [6.07, 6.45) is 0. The van der Waals surface area contributed by atoms with Crippen LogP contribution in [-0.2, 0) is 7.05 Å². The lowest BCUT2D eigenvalue weighted by molar-refractivity contribution is 1.01. The Balaban J connectivity index is 1.31. The molecule has 0 fully saturated rings. The predicted molar refractivity (Wildman–Crippen MR) is 158 cm³/mol. The zero-order valence-corrected chi connectivity index (χ0v) is 20.7. The molecule has 0 spiro atoms. The van der Waals surface area contributed by atoms with E-state index in [-0.39, 0.29) is 0 Å². The Morgan fingerprint density at radius 3 is 1.89 bits per heavy atom. The van der Waals surface area contributed by atoms with Crippen LogP contribution < -0.4 is 4.90 Å². The molecule has 1 aromatic heterocycles. The van der Waals surface area contributed by atoms with Gasteiger partial charge < -0.3 is 9.47 Å². The number of hydrogen-bond acceptors (Lipinski definition) is 1. The van der Waals surface area contributed by atoms with Crippen molar-refractivity contribution in [2.24, 2.45) is 7.05 Å². The van der Waals surface area contributed by atoms with Gasteiger partial charge in [0.15, 0.2) is 0 Å². The summed E-state index contributed by atoms with van der Waals surface area (Å²) < 4.78 is 2.29. The van der Waals surface area contributed by atoms with Gasteiger partial charge in [-0.1, -0.05) is 91.0 Å². The number of hydrogen-bond donors (Lipinski definition) is 0.